The summed E-state index contributed by atoms with van der Waals surface area (Å²) in [5.41, 5.74) is 3.59. The molecule has 0 aliphatic carbocycles. The Morgan fingerprint density at radius 2 is 1.94 bits per heavy atom. The van der Waals surface area contributed by atoms with Crippen LogP contribution >= 0.6 is 11.3 Å². The number of thiophene rings is 1. The molecule has 4 aromatic rings. The highest BCUT2D eigenvalue weighted by atomic mass is 32.1. The molecule has 2 atom stereocenters. The number of nitrogens with zero attached hydrogens (tertiary/aromatic N) is 2. The van der Waals surface area contributed by atoms with E-state index in [2.05, 4.69) is 53.5 Å². The minimum atomic E-state index is -0.260. The Morgan fingerprint density at radius 1 is 1.19 bits per heavy atom. The number of benzene rings is 1. The molecule has 160 valence electrons. The second-order valence-electron chi connectivity index (χ2n) is 7.81. The smallest absolute Gasteiger partial charge is 0.276 e. The number of carbonyl (C=O) groups excluding carboxylic acids is 1. The predicted molar refractivity (Wildman–Crippen MR) is 124 cm³/mol. The molecule has 31 heavy (non-hydrogen) atoms. The molecule has 3 heterocycles. The summed E-state index contributed by atoms with van der Waals surface area (Å²) < 4.78 is 1.36. The maximum atomic E-state index is 13.0. The lowest BCUT2D eigenvalue weighted by Crippen LogP contribution is -2.33. The van der Waals surface area contributed by atoms with Gasteiger partial charge in [0.15, 0.2) is 5.65 Å². The highest BCUT2D eigenvalue weighted by Crippen LogP contribution is 2.28. The molecule has 2 unspecified atom stereocenters. The molecular weight excluding hydrogens is 408 g/mol. The van der Waals surface area contributed by atoms with Gasteiger partial charge in [-0.05, 0) is 41.8 Å². The maximum absolute atomic E-state index is 13.0. The van der Waals surface area contributed by atoms with Crippen LogP contribution in [-0.4, -0.2) is 20.5 Å². The quantitative estimate of drug-likeness (QED) is 0.454. The molecule has 1 aromatic carbocycles. The standard InChI is InChI=1S/C24H26N4O2S/c1-4-15(2)17-7-9-18(10-8-17)23(20-6-5-13-31-20)27-22(29)14-19-16(3)26-21-11-12-25-28(21)24(19)30/h5-13,15,23,25H,4,14H2,1-3H3,(H,27,29). The highest BCUT2D eigenvalue weighted by molar-refractivity contribution is 7.10. The van der Waals surface area contributed by atoms with E-state index in [-0.39, 0.29) is 23.9 Å². The average Bonchev–Trinajstić information content (AvgIpc) is 3.47. The molecule has 0 aliphatic rings. The van der Waals surface area contributed by atoms with Crippen molar-refractivity contribution in [2.45, 2.75) is 45.6 Å². The van der Waals surface area contributed by atoms with E-state index < -0.39 is 0 Å². The van der Waals surface area contributed by atoms with Crippen LogP contribution in [0.25, 0.3) is 5.65 Å². The highest BCUT2D eigenvalue weighted by Gasteiger charge is 2.21. The van der Waals surface area contributed by atoms with E-state index >= 15 is 0 Å². The van der Waals surface area contributed by atoms with Gasteiger partial charge in [-0.1, -0.05) is 44.2 Å². The van der Waals surface area contributed by atoms with E-state index in [1.165, 1.54) is 10.1 Å². The van der Waals surface area contributed by atoms with Crippen LogP contribution in [0.4, 0.5) is 0 Å². The van der Waals surface area contributed by atoms with Crippen LogP contribution in [0.3, 0.4) is 0 Å². The van der Waals surface area contributed by atoms with Gasteiger partial charge in [0.2, 0.25) is 5.91 Å². The lowest BCUT2D eigenvalue weighted by Gasteiger charge is -2.19. The third-order valence-electron chi connectivity index (χ3n) is 5.77. The number of aromatic amines is 1. The Hall–Kier alpha value is -3.19. The number of H-pyrrole nitrogens is 1. The zero-order valence-electron chi connectivity index (χ0n) is 17.9. The molecule has 1 amide bonds. The number of nitrogens with one attached hydrogen (secondary N) is 2. The van der Waals surface area contributed by atoms with Crippen molar-refractivity contribution in [1.82, 2.24) is 19.9 Å². The lowest BCUT2D eigenvalue weighted by molar-refractivity contribution is -0.120. The second-order valence-corrected chi connectivity index (χ2v) is 8.78. The Labute approximate surface area is 185 Å². The molecule has 0 aliphatic heterocycles. The molecule has 7 heteroatoms. The number of aromatic nitrogens is 3. The number of carbonyl (C=O) groups is 1. The Kier molecular flexibility index (Phi) is 6.04. The lowest BCUT2D eigenvalue weighted by atomic mass is 9.95. The summed E-state index contributed by atoms with van der Waals surface area (Å²) in [4.78, 5) is 31.2. The fourth-order valence-corrected chi connectivity index (χ4v) is 4.51. The van der Waals surface area contributed by atoms with Crippen molar-refractivity contribution in [1.29, 1.82) is 0 Å². The van der Waals surface area contributed by atoms with Crippen LogP contribution in [0.15, 0.2) is 58.8 Å². The Balaban J connectivity index is 1.60. The van der Waals surface area contributed by atoms with Crippen LogP contribution in [0, 0.1) is 6.92 Å². The van der Waals surface area contributed by atoms with Gasteiger partial charge in [-0.2, -0.15) is 0 Å². The van der Waals surface area contributed by atoms with Crippen LogP contribution in [0.5, 0.6) is 0 Å². The minimum absolute atomic E-state index is 0.0214. The number of hydrogen-bond acceptors (Lipinski definition) is 4. The summed E-state index contributed by atoms with van der Waals surface area (Å²) in [6.07, 6.45) is 2.72. The summed E-state index contributed by atoms with van der Waals surface area (Å²) in [5.74, 6) is 0.285. The first-order valence-corrected chi connectivity index (χ1v) is 11.3. The van der Waals surface area contributed by atoms with Crippen molar-refractivity contribution in [2.75, 3.05) is 0 Å². The normalized spacial score (nSPS) is 13.3. The van der Waals surface area contributed by atoms with Crippen molar-refractivity contribution in [2.24, 2.45) is 0 Å². The van der Waals surface area contributed by atoms with Crippen LogP contribution < -0.4 is 10.9 Å². The van der Waals surface area contributed by atoms with Gasteiger partial charge in [-0.15, -0.1) is 11.3 Å². The van der Waals surface area contributed by atoms with Crippen molar-refractivity contribution in [3.05, 3.63) is 91.7 Å². The van der Waals surface area contributed by atoms with Gasteiger partial charge in [0, 0.05) is 28.4 Å². The Bertz CT molecular complexity index is 1240. The third-order valence-corrected chi connectivity index (χ3v) is 6.70. The summed E-state index contributed by atoms with van der Waals surface area (Å²) in [6, 6.07) is 13.9. The number of amides is 1. The first-order valence-electron chi connectivity index (χ1n) is 10.5. The van der Waals surface area contributed by atoms with Gasteiger partial charge in [0.05, 0.1) is 12.5 Å². The van der Waals surface area contributed by atoms with E-state index in [9.17, 15) is 9.59 Å². The minimum Gasteiger partial charge on any atom is -0.344 e. The third kappa shape index (κ3) is 4.32. The number of aryl methyl sites for hydroxylation is 1. The van der Waals surface area contributed by atoms with Gasteiger partial charge < -0.3 is 5.32 Å². The fourth-order valence-electron chi connectivity index (χ4n) is 3.71. The molecule has 2 N–H and O–H groups in total. The zero-order chi connectivity index (χ0) is 22.0. The Morgan fingerprint density at radius 3 is 2.61 bits per heavy atom. The second kappa shape index (κ2) is 8.89. The van der Waals surface area contributed by atoms with Gasteiger partial charge in [0.25, 0.3) is 5.56 Å². The van der Waals surface area contributed by atoms with Gasteiger partial charge in [0.1, 0.15) is 0 Å². The van der Waals surface area contributed by atoms with Crippen molar-refractivity contribution in [3.63, 3.8) is 0 Å². The van der Waals surface area contributed by atoms with E-state index in [1.807, 2.05) is 17.5 Å². The van der Waals surface area contributed by atoms with Crippen LogP contribution in [-0.2, 0) is 11.2 Å². The summed E-state index contributed by atoms with van der Waals surface area (Å²) >= 11 is 1.60. The molecule has 4 rings (SSSR count). The van der Waals surface area contributed by atoms with Gasteiger partial charge >= 0.3 is 0 Å². The molecule has 0 saturated carbocycles. The molecule has 3 aromatic heterocycles. The van der Waals surface area contributed by atoms with Crippen molar-refractivity contribution >= 4 is 22.9 Å². The number of rotatable bonds is 7. The van der Waals surface area contributed by atoms with E-state index in [1.54, 1.807) is 30.5 Å². The summed E-state index contributed by atoms with van der Waals surface area (Å²) in [5, 5.41) is 7.98. The molecular formula is C24H26N4O2S. The first kappa shape index (κ1) is 21.1. The number of hydrogen-bond donors (Lipinski definition) is 2. The van der Waals surface area contributed by atoms with E-state index in [4.69, 9.17) is 0 Å². The van der Waals surface area contributed by atoms with Gasteiger partial charge in [-0.3, -0.25) is 14.7 Å². The van der Waals surface area contributed by atoms with Crippen LogP contribution in [0.2, 0.25) is 0 Å². The molecule has 0 bridgehead atoms. The molecule has 0 saturated heterocycles. The average molecular weight is 435 g/mol. The maximum Gasteiger partial charge on any atom is 0.276 e. The van der Waals surface area contributed by atoms with Crippen molar-refractivity contribution in [3.8, 4) is 0 Å². The summed E-state index contributed by atoms with van der Waals surface area (Å²) in [6.45, 7) is 6.15. The predicted octanol–water partition coefficient (Wildman–Crippen LogP) is 4.35. The molecule has 0 radical (unpaired) electrons. The van der Waals surface area contributed by atoms with E-state index in [0.29, 0.717) is 22.8 Å². The SMILES string of the molecule is CCC(C)c1ccc(C(NC(=O)Cc2c(C)nc3cc[nH]n3c2=O)c2cccs2)cc1. The van der Waals surface area contributed by atoms with Gasteiger partial charge in [-0.25, -0.2) is 9.50 Å². The molecule has 0 spiro atoms. The van der Waals surface area contributed by atoms with Crippen molar-refractivity contribution < 1.29 is 4.79 Å². The topological polar surface area (TPSA) is 79.3 Å². The fraction of sp³-hybridized carbons (Fsp3) is 0.292. The van der Waals surface area contributed by atoms with E-state index in [0.717, 1.165) is 16.9 Å². The number of fused-ring (bicyclic) bond motifs is 1. The monoisotopic (exact) mass is 434 g/mol. The molecule has 6 nitrogen and oxygen atoms in total. The molecule has 0 fully saturated rings. The largest absolute Gasteiger partial charge is 0.344 e. The van der Waals surface area contributed by atoms with Crippen LogP contribution in [0.1, 0.15) is 59.5 Å². The zero-order valence-corrected chi connectivity index (χ0v) is 18.7. The summed E-state index contributed by atoms with van der Waals surface area (Å²) in [7, 11) is 0. The first-order chi connectivity index (χ1) is 15.0.